The first-order chi connectivity index (χ1) is 8.79. The first-order valence-corrected chi connectivity index (χ1v) is 8.81. The largest absolute Gasteiger partial charge is 0.310 e. The monoisotopic (exact) mass is 284 g/mol. The van der Waals surface area contributed by atoms with Crippen LogP contribution in [0.15, 0.2) is 17.5 Å². The van der Waals surface area contributed by atoms with Crippen molar-refractivity contribution in [1.29, 1.82) is 0 Å². The third-order valence-corrected chi connectivity index (χ3v) is 5.82. The average Bonchev–Trinajstić information content (AvgIpc) is 2.92. The van der Waals surface area contributed by atoms with E-state index in [4.69, 9.17) is 0 Å². The number of nitrogens with one attached hydrogen (secondary N) is 1. The van der Waals surface area contributed by atoms with Gasteiger partial charge < -0.3 is 5.32 Å². The second-order valence-electron chi connectivity index (χ2n) is 4.96. The molecule has 2 atom stereocenters. The molecule has 1 aliphatic rings. The fourth-order valence-electron chi connectivity index (χ4n) is 2.34. The Bertz CT molecular complexity index is 327. The van der Waals surface area contributed by atoms with Crippen LogP contribution in [0.2, 0.25) is 0 Å². The summed E-state index contributed by atoms with van der Waals surface area (Å²) in [5.74, 6) is 1.30. The zero-order valence-corrected chi connectivity index (χ0v) is 13.0. The van der Waals surface area contributed by atoms with Crippen LogP contribution in [-0.2, 0) is 6.54 Å². The Labute approximate surface area is 119 Å². The van der Waals surface area contributed by atoms with Crippen molar-refractivity contribution in [1.82, 2.24) is 10.2 Å². The number of hydrogen-bond donors (Lipinski definition) is 1. The Kier molecular flexibility index (Phi) is 6.02. The van der Waals surface area contributed by atoms with Crippen LogP contribution < -0.4 is 5.32 Å². The van der Waals surface area contributed by atoms with Crippen LogP contribution in [0.25, 0.3) is 0 Å². The molecule has 18 heavy (non-hydrogen) atoms. The van der Waals surface area contributed by atoms with Gasteiger partial charge in [-0.2, -0.15) is 11.8 Å². The van der Waals surface area contributed by atoms with Crippen molar-refractivity contribution in [3.8, 4) is 0 Å². The summed E-state index contributed by atoms with van der Waals surface area (Å²) in [7, 11) is 0. The molecule has 0 spiro atoms. The number of rotatable bonds is 6. The lowest BCUT2D eigenvalue weighted by Gasteiger charge is -2.36. The van der Waals surface area contributed by atoms with E-state index in [-0.39, 0.29) is 0 Å². The number of hydrogen-bond acceptors (Lipinski definition) is 4. The highest BCUT2D eigenvalue weighted by atomic mass is 32.2. The van der Waals surface area contributed by atoms with Crippen LogP contribution >= 0.6 is 23.1 Å². The van der Waals surface area contributed by atoms with Crippen molar-refractivity contribution in [2.45, 2.75) is 38.1 Å². The topological polar surface area (TPSA) is 15.3 Å². The summed E-state index contributed by atoms with van der Waals surface area (Å²) in [6, 6.07) is 4.98. The Balaban J connectivity index is 1.68. The molecule has 2 heterocycles. The van der Waals surface area contributed by atoms with Gasteiger partial charge in [-0.15, -0.1) is 11.3 Å². The zero-order valence-electron chi connectivity index (χ0n) is 11.4. The fraction of sp³-hybridized carbons (Fsp3) is 0.714. The van der Waals surface area contributed by atoms with Gasteiger partial charge in [-0.25, -0.2) is 0 Å². The molecule has 0 bridgehead atoms. The minimum Gasteiger partial charge on any atom is -0.310 e. The van der Waals surface area contributed by atoms with E-state index in [0.717, 1.165) is 18.3 Å². The summed E-state index contributed by atoms with van der Waals surface area (Å²) >= 11 is 3.98. The molecule has 0 radical (unpaired) electrons. The second-order valence-corrected chi connectivity index (χ2v) is 7.40. The third-order valence-electron chi connectivity index (χ3n) is 3.57. The van der Waals surface area contributed by atoms with E-state index in [1.54, 1.807) is 0 Å². The quantitative estimate of drug-likeness (QED) is 0.864. The van der Waals surface area contributed by atoms with Gasteiger partial charge in [-0.3, -0.25) is 4.90 Å². The number of thiophene rings is 1. The van der Waals surface area contributed by atoms with Gasteiger partial charge in [0, 0.05) is 48.1 Å². The van der Waals surface area contributed by atoms with Crippen molar-refractivity contribution >= 4 is 23.1 Å². The summed E-state index contributed by atoms with van der Waals surface area (Å²) in [6.07, 6.45) is 1.30. The van der Waals surface area contributed by atoms with E-state index in [9.17, 15) is 0 Å². The van der Waals surface area contributed by atoms with Crippen molar-refractivity contribution in [3.05, 3.63) is 22.4 Å². The van der Waals surface area contributed by atoms with E-state index in [1.807, 2.05) is 11.3 Å². The standard InChI is InChI=1S/C14H24N2S2/c1-3-13-11-16(6-8-18-13)12(2)9-15-10-14-5-4-7-17-14/h4-5,7,12-13,15H,3,6,8-11H2,1-2H3. The van der Waals surface area contributed by atoms with Crippen molar-refractivity contribution in [3.63, 3.8) is 0 Å². The van der Waals surface area contributed by atoms with Crippen molar-refractivity contribution in [2.24, 2.45) is 0 Å². The number of nitrogens with zero attached hydrogens (tertiary/aromatic N) is 1. The molecule has 1 saturated heterocycles. The molecule has 2 rings (SSSR count). The summed E-state index contributed by atoms with van der Waals surface area (Å²) in [4.78, 5) is 4.08. The second kappa shape index (κ2) is 7.53. The molecule has 1 fully saturated rings. The molecule has 1 aromatic rings. The van der Waals surface area contributed by atoms with E-state index < -0.39 is 0 Å². The predicted molar refractivity (Wildman–Crippen MR) is 83.6 cm³/mol. The van der Waals surface area contributed by atoms with Crippen LogP contribution in [0.4, 0.5) is 0 Å². The molecule has 0 amide bonds. The van der Waals surface area contributed by atoms with Gasteiger partial charge in [0.05, 0.1) is 0 Å². The maximum Gasteiger partial charge on any atom is 0.0300 e. The average molecular weight is 284 g/mol. The van der Waals surface area contributed by atoms with Gasteiger partial charge in [0.2, 0.25) is 0 Å². The molecule has 0 aromatic carbocycles. The van der Waals surface area contributed by atoms with Gasteiger partial charge in [-0.05, 0) is 24.8 Å². The Hall–Kier alpha value is -0.0300. The normalized spacial score (nSPS) is 23.1. The summed E-state index contributed by atoms with van der Waals surface area (Å²) in [5.41, 5.74) is 0. The summed E-state index contributed by atoms with van der Waals surface area (Å²) < 4.78 is 0. The first-order valence-electron chi connectivity index (χ1n) is 6.88. The molecule has 102 valence electrons. The Morgan fingerprint density at radius 1 is 1.56 bits per heavy atom. The molecule has 0 saturated carbocycles. The van der Waals surface area contributed by atoms with E-state index >= 15 is 0 Å². The van der Waals surface area contributed by atoms with Gasteiger partial charge in [0.25, 0.3) is 0 Å². The van der Waals surface area contributed by atoms with E-state index in [1.165, 1.54) is 30.1 Å². The molecule has 2 unspecified atom stereocenters. The summed E-state index contributed by atoms with van der Waals surface area (Å²) in [6.45, 7) is 9.29. The van der Waals surface area contributed by atoms with E-state index in [0.29, 0.717) is 6.04 Å². The van der Waals surface area contributed by atoms with E-state index in [2.05, 4.69) is 53.3 Å². The molecule has 1 aromatic heterocycles. The highest BCUT2D eigenvalue weighted by Gasteiger charge is 2.22. The van der Waals surface area contributed by atoms with Crippen LogP contribution in [0.1, 0.15) is 25.1 Å². The first kappa shape index (κ1) is 14.4. The molecular formula is C14H24N2S2. The highest BCUT2D eigenvalue weighted by molar-refractivity contribution is 8.00. The number of thioether (sulfide) groups is 1. The highest BCUT2D eigenvalue weighted by Crippen LogP contribution is 2.22. The maximum absolute atomic E-state index is 3.58. The molecule has 1 aliphatic heterocycles. The molecule has 4 heteroatoms. The van der Waals surface area contributed by atoms with Crippen LogP contribution in [0, 0.1) is 0 Å². The van der Waals surface area contributed by atoms with Gasteiger partial charge >= 0.3 is 0 Å². The van der Waals surface area contributed by atoms with Crippen LogP contribution in [0.3, 0.4) is 0 Å². The lowest BCUT2D eigenvalue weighted by atomic mass is 10.2. The minimum absolute atomic E-state index is 0.653. The van der Waals surface area contributed by atoms with Crippen LogP contribution in [-0.4, -0.2) is 41.6 Å². The summed E-state index contributed by atoms with van der Waals surface area (Å²) in [5, 5.41) is 6.57. The molecule has 1 N–H and O–H groups in total. The van der Waals surface area contributed by atoms with Gasteiger partial charge in [-0.1, -0.05) is 13.0 Å². The minimum atomic E-state index is 0.653. The maximum atomic E-state index is 3.58. The lowest BCUT2D eigenvalue weighted by Crippen LogP contribution is -2.46. The fourth-order valence-corrected chi connectivity index (χ4v) is 4.22. The molecule has 0 aliphatic carbocycles. The van der Waals surface area contributed by atoms with Gasteiger partial charge in [0.15, 0.2) is 0 Å². The SMILES string of the molecule is CCC1CN(C(C)CNCc2cccs2)CCS1. The lowest BCUT2D eigenvalue weighted by molar-refractivity contribution is 0.210. The predicted octanol–water partition coefficient (Wildman–Crippen LogP) is 3.05. The molecular weight excluding hydrogens is 260 g/mol. The zero-order chi connectivity index (χ0) is 12.8. The van der Waals surface area contributed by atoms with Crippen molar-refractivity contribution in [2.75, 3.05) is 25.4 Å². The Morgan fingerprint density at radius 2 is 2.44 bits per heavy atom. The molecule has 2 nitrogen and oxygen atoms in total. The van der Waals surface area contributed by atoms with Gasteiger partial charge in [0.1, 0.15) is 0 Å². The third kappa shape index (κ3) is 4.26. The Morgan fingerprint density at radius 3 is 3.17 bits per heavy atom. The van der Waals surface area contributed by atoms with Crippen LogP contribution in [0.5, 0.6) is 0 Å². The van der Waals surface area contributed by atoms with Crippen molar-refractivity contribution < 1.29 is 0 Å². The smallest absolute Gasteiger partial charge is 0.0300 e.